The van der Waals surface area contributed by atoms with Gasteiger partial charge in [0.1, 0.15) is 11.7 Å². The van der Waals surface area contributed by atoms with Crippen LogP contribution in [0.3, 0.4) is 0 Å². The number of nitrogens with zero attached hydrogens (tertiary/aromatic N) is 5. The Kier molecular flexibility index (Phi) is 4.34. The summed E-state index contributed by atoms with van der Waals surface area (Å²) in [5, 5.41) is 9.04. The average molecular weight is 397 g/mol. The lowest BCUT2D eigenvalue weighted by Crippen LogP contribution is -2.17. The number of hydrogen-bond acceptors (Lipinski definition) is 5. The molecule has 6 nitrogen and oxygen atoms in total. The van der Waals surface area contributed by atoms with Gasteiger partial charge in [-0.2, -0.15) is 14.9 Å². The van der Waals surface area contributed by atoms with Gasteiger partial charge in [0.15, 0.2) is 5.65 Å². The fourth-order valence-electron chi connectivity index (χ4n) is 3.04. The molecule has 0 fully saturated rings. The summed E-state index contributed by atoms with van der Waals surface area (Å²) in [4.78, 5) is 19.3. The minimum atomic E-state index is -0.256. The molecule has 5 rings (SSSR count). The molecule has 0 radical (unpaired) electrons. The maximum Gasteiger partial charge on any atom is 0.285 e. The lowest BCUT2D eigenvalue weighted by atomic mass is 10.2. The van der Waals surface area contributed by atoms with Crippen molar-refractivity contribution in [3.8, 4) is 16.1 Å². The van der Waals surface area contributed by atoms with Crippen molar-refractivity contribution in [2.45, 2.75) is 0 Å². The van der Waals surface area contributed by atoms with E-state index in [1.54, 1.807) is 22.2 Å². The molecule has 3 aromatic heterocycles. The van der Waals surface area contributed by atoms with Crippen LogP contribution in [0.25, 0.3) is 27.2 Å². The second-order valence-electron chi connectivity index (χ2n) is 6.34. The number of benzene rings is 2. The van der Waals surface area contributed by atoms with Crippen molar-refractivity contribution in [3.63, 3.8) is 0 Å². The first-order valence-corrected chi connectivity index (χ1v) is 9.82. The summed E-state index contributed by atoms with van der Waals surface area (Å²) in [6.07, 6.45) is 4.63. The summed E-state index contributed by atoms with van der Waals surface area (Å²) < 4.78 is 2.89. The molecule has 0 saturated carbocycles. The van der Waals surface area contributed by atoms with Crippen LogP contribution in [0.2, 0.25) is 0 Å². The van der Waals surface area contributed by atoms with E-state index in [4.69, 9.17) is 0 Å². The fraction of sp³-hybridized carbons (Fsp3) is 0. The fourth-order valence-corrected chi connectivity index (χ4v) is 3.92. The summed E-state index contributed by atoms with van der Waals surface area (Å²) in [5.41, 5.74) is 2.26. The second-order valence-corrected chi connectivity index (χ2v) is 7.45. The number of hydrogen-bond donors (Lipinski definition) is 0. The molecule has 0 atom stereocenters. The van der Waals surface area contributed by atoms with Crippen molar-refractivity contribution in [1.29, 1.82) is 0 Å². The lowest BCUT2D eigenvalue weighted by Gasteiger charge is -2.02. The van der Waals surface area contributed by atoms with Crippen molar-refractivity contribution in [1.82, 2.24) is 19.4 Å². The molecule has 0 unspecified atom stereocenters. The Balaban J connectivity index is 1.46. The zero-order chi connectivity index (χ0) is 19.6. The number of para-hydroxylation sites is 1. The van der Waals surface area contributed by atoms with Crippen molar-refractivity contribution < 1.29 is 0 Å². The smallest absolute Gasteiger partial charge is 0.266 e. The van der Waals surface area contributed by atoms with E-state index in [1.165, 1.54) is 17.2 Å². The highest BCUT2D eigenvalue weighted by Crippen LogP contribution is 2.26. The van der Waals surface area contributed by atoms with Crippen molar-refractivity contribution in [2.75, 3.05) is 0 Å². The van der Waals surface area contributed by atoms with Gasteiger partial charge in [0.05, 0.1) is 18.1 Å². The van der Waals surface area contributed by atoms with Crippen LogP contribution in [0.15, 0.2) is 95.2 Å². The predicted molar refractivity (Wildman–Crippen MR) is 116 cm³/mol. The minimum Gasteiger partial charge on any atom is -0.266 e. The first-order chi connectivity index (χ1) is 14.3. The number of aromatic nitrogens is 4. The zero-order valence-electron chi connectivity index (χ0n) is 15.2. The van der Waals surface area contributed by atoms with E-state index >= 15 is 0 Å². The molecule has 29 heavy (non-hydrogen) atoms. The SMILES string of the molecule is O=c1c2cnn(-c3ccccc3)c2ncn1/N=C\c1ccc(-c2ccccc2)s1. The Labute approximate surface area is 170 Å². The molecule has 0 amide bonds. The molecular formula is C22H15N5OS. The molecule has 140 valence electrons. The summed E-state index contributed by atoms with van der Waals surface area (Å²) in [5.74, 6) is 0. The largest absolute Gasteiger partial charge is 0.285 e. The van der Waals surface area contributed by atoms with Crippen LogP contribution >= 0.6 is 11.3 Å². The van der Waals surface area contributed by atoms with Crippen molar-refractivity contribution in [3.05, 3.63) is 101 Å². The summed E-state index contributed by atoms with van der Waals surface area (Å²) >= 11 is 1.61. The lowest BCUT2D eigenvalue weighted by molar-refractivity contribution is 0.810. The predicted octanol–water partition coefficient (Wildman–Crippen LogP) is 4.19. The Hall–Kier alpha value is -3.84. The zero-order valence-corrected chi connectivity index (χ0v) is 16.0. The molecule has 0 bridgehead atoms. The Morgan fingerprint density at radius 3 is 2.48 bits per heavy atom. The molecule has 7 heteroatoms. The highest BCUT2D eigenvalue weighted by Gasteiger charge is 2.11. The van der Waals surface area contributed by atoms with Gasteiger partial charge in [-0.05, 0) is 29.8 Å². The molecule has 0 spiro atoms. The molecule has 0 aliphatic carbocycles. The van der Waals surface area contributed by atoms with Gasteiger partial charge < -0.3 is 0 Å². The van der Waals surface area contributed by atoms with E-state index in [2.05, 4.69) is 33.4 Å². The highest BCUT2D eigenvalue weighted by atomic mass is 32.1. The van der Waals surface area contributed by atoms with E-state index in [0.717, 1.165) is 21.0 Å². The first-order valence-electron chi connectivity index (χ1n) is 9.00. The summed E-state index contributed by atoms with van der Waals surface area (Å²) in [6.45, 7) is 0. The standard InChI is InChI=1S/C22H15N5OS/c28-22-19-14-25-27(17-9-5-2-6-10-17)21(19)23-15-26(22)24-13-18-11-12-20(29-18)16-7-3-1-4-8-16/h1-15H/b24-13-. The summed E-state index contributed by atoms with van der Waals surface area (Å²) in [6, 6.07) is 23.8. The molecule has 0 aliphatic heterocycles. The molecule has 2 aromatic carbocycles. The van der Waals surface area contributed by atoms with E-state index in [1.807, 2.05) is 54.6 Å². The Bertz CT molecular complexity index is 1370. The highest BCUT2D eigenvalue weighted by molar-refractivity contribution is 7.17. The van der Waals surface area contributed by atoms with Crippen LogP contribution in [0.5, 0.6) is 0 Å². The Morgan fingerprint density at radius 2 is 1.69 bits per heavy atom. The van der Waals surface area contributed by atoms with Gasteiger partial charge in [-0.25, -0.2) is 9.67 Å². The summed E-state index contributed by atoms with van der Waals surface area (Å²) in [7, 11) is 0. The molecule has 0 aliphatic rings. The van der Waals surface area contributed by atoms with Crippen LogP contribution in [0.1, 0.15) is 4.88 Å². The van der Waals surface area contributed by atoms with Gasteiger partial charge in [0.25, 0.3) is 5.56 Å². The van der Waals surface area contributed by atoms with Crippen LogP contribution in [0, 0.1) is 0 Å². The second kappa shape index (κ2) is 7.29. The molecule has 0 N–H and O–H groups in total. The van der Waals surface area contributed by atoms with E-state index in [9.17, 15) is 4.79 Å². The van der Waals surface area contributed by atoms with E-state index in [0.29, 0.717) is 11.0 Å². The maximum absolute atomic E-state index is 12.8. The van der Waals surface area contributed by atoms with Gasteiger partial charge in [-0.1, -0.05) is 48.5 Å². The van der Waals surface area contributed by atoms with Crippen LogP contribution < -0.4 is 5.56 Å². The molecule has 0 saturated heterocycles. The maximum atomic E-state index is 12.8. The van der Waals surface area contributed by atoms with E-state index < -0.39 is 0 Å². The van der Waals surface area contributed by atoms with Gasteiger partial charge in [-0.3, -0.25) is 4.79 Å². The molecule has 3 heterocycles. The van der Waals surface area contributed by atoms with Crippen LogP contribution in [-0.4, -0.2) is 25.7 Å². The number of thiophene rings is 1. The van der Waals surface area contributed by atoms with Crippen molar-refractivity contribution >= 4 is 28.6 Å². The van der Waals surface area contributed by atoms with Gasteiger partial charge in [0, 0.05) is 9.75 Å². The normalized spacial score (nSPS) is 11.4. The minimum absolute atomic E-state index is 0.256. The first kappa shape index (κ1) is 17.3. The van der Waals surface area contributed by atoms with E-state index in [-0.39, 0.29) is 5.56 Å². The van der Waals surface area contributed by atoms with Gasteiger partial charge >= 0.3 is 0 Å². The van der Waals surface area contributed by atoms with Crippen molar-refractivity contribution in [2.24, 2.45) is 5.10 Å². The molecular weight excluding hydrogens is 382 g/mol. The number of rotatable bonds is 4. The van der Waals surface area contributed by atoms with Gasteiger partial charge in [0.2, 0.25) is 0 Å². The third-order valence-corrected chi connectivity index (χ3v) is 5.54. The van der Waals surface area contributed by atoms with Crippen LogP contribution in [-0.2, 0) is 0 Å². The third-order valence-electron chi connectivity index (χ3n) is 4.47. The van der Waals surface area contributed by atoms with Crippen LogP contribution in [0.4, 0.5) is 0 Å². The topological polar surface area (TPSA) is 65.1 Å². The Morgan fingerprint density at radius 1 is 0.931 bits per heavy atom. The quantitative estimate of drug-likeness (QED) is 0.427. The number of fused-ring (bicyclic) bond motifs is 1. The monoisotopic (exact) mass is 397 g/mol. The third kappa shape index (κ3) is 3.28. The van der Waals surface area contributed by atoms with Gasteiger partial charge in [-0.15, -0.1) is 11.3 Å². The molecule has 5 aromatic rings. The average Bonchev–Trinajstić information content (AvgIpc) is 3.42.